The molecule has 1 aromatic carbocycles. The number of anilines is 1. The van der Waals surface area contributed by atoms with E-state index in [2.05, 4.69) is 25.7 Å². The smallest absolute Gasteiger partial charge is 0.280 e. The van der Waals surface area contributed by atoms with Crippen LogP contribution in [0.15, 0.2) is 45.7 Å². The van der Waals surface area contributed by atoms with Gasteiger partial charge in [0.05, 0.1) is 0 Å². The number of thiocarbonyl (C=S) groups is 1. The number of hydrogen-bond donors (Lipinski definition) is 0. The van der Waals surface area contributed by atoms with Crippen molar-refractivity contribution in [2.24, 2.45) is 0 Å². The molecule has 168 valence electrons. The van der Waals surface area contributed by atoms with Crippen LogP contribution in [0.5, 0.6) is 0 Å². The first-order valence-electron chi connectivity index (χ1n) is 10.7. The van der Waals surface area contributed by atoms with Crippen molar-refractivity contribution in [2.45, 2.75) is 41.2 Å². The molecule has 2 aliphatic rings. The molecule has 0 saturated carbocycles. The number of thioether (sulfide) groups is 1. The molecule has 4 rings (SSSR count). The van der Waals surface area contributed by atoms with E-state index in [1.807, 2.05) is 44.2 Å². The largest absolute Gasteiger partial charge is 0.338 e. The molecule has 0 aliphatic carbocycles. The van der Waals surface area contributed by atoms with Crippen LogP contribution in [0.1, 0.15) is 34.6 Å². The number of aromatic nitrogens is 1. The van der Waals surface area contributed by atoms with Gasteiger partial charge in [-0.15, -0.1) is 11.3 Å². The molecule has 1 amide bonds. The van der Waals surface area contributed by atoms with E-state index in [9.17, 15) is 9.59 Å². The maximum atomic E-state index is 13.5. The third-order valence-corrected chi connectivity index (χ3v) is 8.68. The zero-order valence-corrected chi connectivity index (χ0v) is 21.3. The highest BCUT2D eigenvalue weighted by molar-refractivity contribution is 8.11. The molecule has 0 radical (unpaired) electrons. The van der Waals surface area contributed by atoms with Gasteiger partial charge in [-0.1, -0.05) is 30.0 Å². The van der Waals surface area contributed by atoms with E-state index in [0.29, 0.717) is 33.1 Å². The van der Waals surface area contributed by atoms with Crippen LogP contribution in [0.25, 0.3) is 10.7 Å². The summed E-state index contributed by atoms with van der Waals surface area (Å²) in [7, 11) is 0. The first kappa shape index (κ1) is 22.8. The van der Waals surface area contributed by atoms with Gasteiger partial charge >= 0.3 is 0 Å². The maximum Gasteiger partial charge on any atom is 0.280 e. The second-order valence-electron chi connectivity index (χ2n) is 7.43. The lowest BCUT2D eigenvalue weighted by atomic mass is 10.3. The fourth-order valence-electron chi connectivity index (χ4n) is 3.98. The van der Waals surface area contributed by atoms with Crippen LogP contribution >= 0.6 is 35.3 Å². The maximum absolute atomic E-state index is 13.5. The number of hydrogen-bond acceptors (Lipinski definition) is 6. The Bertz CT molecular complexity index is 1310. The second-order valence-corrected chi connectivity index (χ2v) is 10.00. The molecule has 1 saturated heterocycles. The number of carbonyl (C=O) groups is 1. The van der Waals surface area contributed by atoms with Gasteiger partial charge in [0, 0.05) is 35.9 Å². The summed E-state index contributed by atoms with van der Waals surface area (Å²) in [6, 6.07) is 9.63. The third kappa shape index (κ3) is 3.43. The van der Waals surface area contributed by atoms with Crippen LogP contribution in [0.4, 0.5) is 5.69 Å². The normalized spacial score (nSPS) is 20.3. The average Bonchev–Trinajstić information content (AvgIpc) is 3.36. The minimum atomic E-state index is -0.168. The molecule has 0 unspecified atom stereocenters. The van der Waals surface area contributed by atoms with Gasteiger partial charge in [0.1, 0.15) is 19.9 Å². The van der Waals surface area contributed by atoms with Crippen molar-refractivity contribution in [3.63, 3.8) is 0 Å². The first-order valence-corrected chi connectivity index (χ1v) is 12.7. The van der Waals surface area contributed by atoms with E-state index in [1.54, 1.807) is 26.1 Å². The molecule has 3 heterocycles. The lowest BCUT2D eigenvalue weighted by Crippen LogP contribution is -2.36. The minimum Gasteiger partial charge on any atom is -0.338 e. The average molecular weight is 487 g/mol. The number of benzene rings is 1. The molecule has 2 aliphatic heterocycles. The van der Waals surface area contributed by atoms with Crippen LogP contribution in [0.2, 0.25) is 0 Å². The number of allylic oxidation sites excluding steroid dienone is 2. The molecule has 6 nitrogen and oxygen atoms in total. The van der Waals surface area contributed by atoms with Crippen LogP contribution in [-0.4, -0.2) is 38.5 Å². The van der Waals surface area contributed by atoms with Crippen molar-refractivity contribution < 1.29 is 4.79 Å². The van der Waals surface area contributed by atoms with Crippen molar-refractivity contribution in [3.8, 4) is 0 Å². The Labute approximate surface area is 201 Å². The zero-order chi connectivity index (χ0) is 23.2. The topological polar surface area (TPSA) is 48.8 Å². The number of thiazole rings is 1. The van der Waals surface area contributed by atoms with Crippen LogP contribution in [0.3, 0.4) is 0 Å². The summed E-state index contributed by atoms with van der Waals surface area (Å²) in [6.45, 7) is 11.8. The SMILES string of the molecule is CCN1C(=O)/C(=c2/s/c(=C3\SC(C)=C(C)N3CC)c(=O)n2CC)N(c2ccccc2)C1=S. The summed E-state index contributed by atoms with van der Waals surface area (Å²) in [6.07, 6.45) is 0. The summed E-state index contributed by atoms with van der Waals surface area (Å²) < 4.78 is 3.01. The Hall–Kier alpha value is -2.36. The lowest BCUT2D eigenvalue weighted by Gasteiger charge is -2.19. The number of rotatable bonds is 4. The number of carbonyl (C=O) groups excluding carboxylic acids is 1. The fourth-order valence-corrected chi connectivity index (χ4v) is 6.93. The van der Waals surface area contributed by atoms with E-state index in [1.165, 1.54) is 21.9 Å². The highest BCUT2D eigenvalue weighted by Crippen LogP contribution is 2.40. The van der Waals surface area contributed by atoms with Crippen LogP contribution < -0.4 is 19.7 Å². The molecule has 1 aromatic heterocycles. The van der Waals surface area contributed by atoms with Crippen molar-refractivity contribution in [1.82, 2.24) is 14.4 Å². The van der Waals surface area contributed by atoms with E-state index in [0.717, 1.165) is 17.3 Å². The Morgan fingerprint density at radius 2 is 1.59 bits per heavy atom. The highest BCUT2D eigenvalue weighted by atomic mass is 32.2. The molecular weight excluding hydrogens is 460 g/mol. The van der Waals surface area contributed by atoms with E-state index >= 15 is 0 Å². The Kier molecular flexibility index (Phi) is 6.33. The molecule has 1 fully saturated rings. The number of nitrogens with zero attached hydrogens (tertiary/aromatic N) is 4. The Balaban J connectivity index is 2.08. The van der Waals surface area contributed by atoms with Gasteiger partial charge in [0.2, 0.25) is 0 Å². The predicted octanol–water partition coefficient (Wildman–Crippen LogP) is 3.08. The number of likely N-dealkylation sites (N-methyl/N-ethyl adjacent to an activating group) is 1. The molecule has 0 atom stereocenters. The van der Waals surface area contributed by atoms with Crippen molar-refractivity contribution in [2.75, 3.05) is 18.0 Å². The molecule has 9 heteroatoms. The molecule has 0 spiro atoms. The summed E-state index contributed by atoms with van der Waals surface area (Å²) in [5.74, 6) is -0.168. The fraction of sp³-hybridized carbons (Fsp3) is 0.348. The van der Waals surface area contributed by atoms with Gasteiger partial charge in [-0.05, 0) is 59.0 Å². The van der Waals surface area contributed by atoms with Gasteiger partial charge in [-0.2, -0.15) is 0 Å². The summed E-state index contributed by atoms with van der Waals surface area (Å²) in [5, 5.41) is 1.38. The molecule has 0 N–H and O–H groups in total. The first-order chi connectivity index (χ1) is 15.3. The molecule has 2 aromatic rings. The second kappa shape index (κ2) is 8.88. The van der Waals surface area contributed by atoms with Crippen molar-refractivity contribution in [1.29, 1.82) is 0 Å². The quantitative estimate of drug-likeness (QED) is 0.619. The minimum absolute atomic E-state index is 0.0647. The monoisotopic (exact) mass is 486 g/mol. The predicted molar refractivity (Wildman–Crippen MR) is 138 cm³/mol. The summed E-state index contributed by atoms with van der Waals surface area (Å²) in [4.78, 5) is 33.8. The zero-order valence-electron chi connectivity index (χ0n) is 18.8. The Morgan fingerprint density at radius 1 is 0.938 bits per heavy atom. The van der Waals surface area contributed by atoms with Gasteiger partial charge in [0.25, 0.3) is 11.5 Å². The van der Waals surface area contributed by atoms with E-state index in [-0.39, 0.29) is 11.5 Å². The van der Waals surface area contributed by atoms with Gasteiger partial charge in [-0.25, -0.2) is 0 Å². The van der Waals surface area contributed by atoms with Crippen LogP contribution in [-0.2, 0) is 11.3 Å². The number of amides is 1. The molecule has 32 heavy (non-hydrogen) atoms. The van der Waals surface area contributed by atoms with Gasteiger partial charge in [0.15, 0.2) is 5.11 Å². The third-order valence-electron chi connectivity index (χ3n) is 5.75. The van der Waals surface area contributed by atoms with Gasteiger partial charge in [-0.3, -0.25) is 24.0 Å². The number of para-hydroxylation sites is 1. The summed E-state index contributed by atoms with van der Waals surface area (Å²) >= 11 is 8.71. The van der Waals surface area contributed by atoms with Crippen molar-refractivity contribution >= 4 is 62.7 Å². The Morgan fingerprint density at radius 3 is 2.19 bits per heavy atom. The standard InChI is InChI=1S/C23H26N4O2S3/c1-6-24-14(4)15(5)31-22(24)18-20(29)25(7-2)21(32-18)17-19(28)26(8-3)23(30)27(17)16-12-10-9-11-13-16/h9-13H,6-8H2,1-5H3/b21-17-,22-18-. The van der Waals surface area contributed by atoms with E-state index < -0.39 is 0 Å². The molecular formula is C23H26N4O2S3. The van der Waals surface area contributed by atoms with Gasteiger partial charge < -0.3 is 4.90 Å². The van der Waals surface area contributed by atoms with E-state index in [4.69, 9.17) is 12.2 Å². The molecule has 0 bridgehead atoms. The van der Waals surface area contributed by atoms with Crippen LogP contribution in [0, 0.1) is 0 Å². The summed E-state index contributed by atoms with van der Waals surface area (Å²) in [5.41, 5.74) is 2.36. The lowest BCUT2D eigenvalue weighted by molar-refractivity contribution is -0.120. The van der Waals surface area contributed by atoms with Crippen molar-refractivity contribution in [3.05, 3.63) is 60.5 Å². The highest BCUT2D eigenvalue weighted by Gasteiger charge is 2.40.